The van der Waals surface area contributed by atoms with Crippen molar-refractivity contribution in [2.45, 2.75) is 6.54 Å². The summed E-state index contributed by atoms with van der Waals surface area (Å²) in [5, 5.41) is 7.92. The molecule has 0 saturated carbocycles. The van der Waals surface area contributed by atoms with Crippen molar-refractivity contribution in [2.24, 2.45) is 7.05 Å². The third-order valence-electron chi connectivity index (χ3n) is 3.52. The predicted octanol–water partition coefficient (Wildman–Crippen LogP) is 2.27. The van der Waals surface area contributed by atoms with E-state index in [-0.39, 0.29) is 5.91 Å². The quantitative estimate of drug-likeness (QED) is 0.786. The molecule has 6 nitrogen and oxygen atoms in total. The van der Waals surface area contributed by atoms with Gasteiger partial charge < -0.3 is 14.6 Å². The lowest BCUT2D eigenvalue weighted by molar-refractivity contribution is 0.102. The summed E-state index contributed by atoms with van der Waals surface area (Å²) in [4.78, 5) is 12.5. The maximum Gasteiger partial charge on any atom is 0.259 e. The molecule has 3 aromatic rings. The number of hydrogen-bond donors (Lipinski definition) is 1. The lowest BCUT2D eigenvalue weighted by atomic mass is 10.1. The van der Waals surface area contributed by atoms with Crippen molar-refractivity contribution in [1.29, 1.82) is 0 Å². The number of aryl methyl sites for hydroxylation is 1. The number of anilines is 1. The van der Waals surface area contributed by atoms with Gasteiger partial charge in [-0.3, -0.25) is 9.48 Å². The van der Waals surface area contributed by atoms with Gasteiger partial charge in [0.15, 0.2) is 5.82 Å². The van der Waals surface area contributed by atoms with Crippen molar-refractivity contribution < 1.29 is 9.53 Å². The lowest BCUT2D eigenvalue weighted by Gasteiger charge is -2.03. The first-order chi connectivity index (χ1) is 10.7. The number of ether oxygens (including phenoxy) is 1. The van der Waals surface area contributed by atoms with Gasteiger partial charge >= 0.3 is 0 Å². The van der Waals surface area contributed by atoms with E-state index in [0.717, 1.165) is 10.9 Å². The molecule has 3 rings (SSSR count). The van der Waals surface area contributed by atoms with Crippen LogP contribution in [0.4, 0.5) is 5.82 Å². The van der Waals surface area contributed by atoms with Crippen LogP contribution in [0.2, 0.25) is 0 Å². The topological polar surface area (TPSA) is 61.1 Å². The smallest absolute Gasteiger partial charge is 0.259 e. The number of rotatable bonds is 5. The molecule has 0 aliphatic heterocycles. The van der Waals surface area contributed by atoms with Gasteiger partial charge in [0.1, 0.15) is 0 Å². The molecule has 2 heterocycles. The number of fused-ring (bicyclic) bond motifs is 1. The highest BCUT2D eigenvalue weighted by Crippen LogP contribution is 2.22. The van der Waals surface area contributed by atoms with Gasteiger partial charge in [0, 0.05) is 50.1 Å². The summed E-state index contributed by atoms with van der Waals surface area (Å²) >= 11 is 0. The number of methoxy groups -OCH3 is 1. The van der Waals surface area contributed by atoms with Crippen molar-refractivity contribution in [2.75, 3.05) is 19.0 Å². The molecule has 1 amide bonds. The third-order valence-corrected chi connectivity index (χ3v) is 3.52. The Balaban J connectivity index is 1.93. The van der Waals surface area contributed by atoms with Gasteiger partial charge in [0.25, 0.3) is 5.91 Å². The Kier molecular flexibility index (Phi) is 3.93. The van der Waals surface area contributed by atoms with Crippen LogP contribution in [-0.2, 0) is 18.3 Å². The van der Waals surface area contributed by atoms with E-state index in [0.29, 0.717) is 24.5 Å². The van der Waals surface area contributed by atoms with Crippen molar-refractivity contribution in [3.05, 3.63) is 48.3 Å². The van der Waals surface area contributed by atoms with Gasteiger partial charge in [-0.05, 0) is 6.07 Å². The second-order valence-corrected chi connectivity index (χ2v) is 5.07. The van der Waals surface area contributed by atoms with E-state index in [9.17, 15) is 4.79 Å². The van der Waals surface area contributed by atoms with Crippen LogP contribution in [0.1, 0.15) is 10.4 Å². The number of nitrogens with zero attached hydrogens (tertiary/aromatic N) is 3. The summed E-state index contributed by atoms with van der Waals surface area (Å²) < 4.78 is 8.81. The number of aromatic nitrogens is 3. The van der Waals surface area contributed by atoms with Gasteiger partial charge in [0.2, 0.25) is 0 Å². The molecule has 0 aliphatic rings. The van der Waals surface area contributed by atoms with E-state index in [2.05, 4.69) is 10.4 Å². The second kappa shape index (κ2) is 6.03. The highest BCUT2D eigenvalue weighted by Gasteiger charge is 2.15. The first-order valence-electron chi connectivity index (χ1n) is 7.07. The van der Waals surface area contributed by atoms with Crippen molar-refractivity contribution in [1.82, 2.24) is 14.3 Å². The fourth-order valence-electron chi connectivity index (χ4n) is 2.47. The molecule has 2 aromatic heterocycles. The van der Waals surface area contributed by atoms with E-state index in [1.807, 2.05) is 42.1 Å². The molecule has 1 N–H and O–H groups in total. The van der Waals surface area contributed by atoms with E-state index >= 15 is 0 Å². The van der Waals surface area contributed by atoms with E-state index in [1.165, 1.54) is 0 Å². The third kappa shape index (κ3) is 2.73. The summed E-state index contributed by atoms with van der Waals surface area (Å²) in [6, 6.07) is 9.61. The van der Waals surface area contributed by atoms with Crippen LogP contribution < -0.4 is 5.32 Å². The van der Waals surface area contributed by atoms with Crippen molar-refractivity contribution in [3.8, 4) is 0 Å². The fraction of sp³-hybridized carbons (Fsp3) is 0.250. The van der Waals surface area contributed by atoms with Crippen molar-refractivity contribution >= 4 is 22.6 Å². The van der Waals surface area contributed by atoms with Crippen LogP contribution in [0, 0.1) is 0 Å². The lowest BCUT2D eigenvalue weighted by Crippen LogP contribution is -2.12. The SMILES string of the molecule is COCCn1cc(C(=O)Nc2ccn(C)n2)c2ccccc21. The Morgan fingerprint density at radius 2 is 2.14 bits per heavy atom. The fourth-order valence-corrected chi connectivity index (χ4v) is 2.47. The number of hydrogen-bond acceptors (Lipinski definition) is 3. The van der Waals surface area contributed by atoms with Crippen LogP contribution in [0.15, 0.2) is 42.7 Å². The number of carbonyl (C=O) groups is 1. The second-order valence-electron chi connectivity index (χ2n) is 5.07. The Morgan fingerprint density at radius 3 is 2.86 bits per heavy atom. The van der Waals surface area contributed by atoms with Crippen LogP contribution in [-0.4, -0.2) is 34.0 Å². The molecule has 0 unspecified atom stereocenters. The Bertz CT molecular complexity index is 803. The average molecular weight is 298 g/mol. The maximum absolute atomic E-state index is 12.5. The molecular formula is C16H18N4O2. The van der Waals surface area contributed by atoms with Gasteiger partial charge in [-0.25, -0.2) is 0 Å². The molecule has 0 radical (unpaired) electrons. The highest BCUT2D eigenvalue weighted by atomic mass is 16.5. The molecule has 6 heteroatoms. The molecule has 22 heavy (non-hydrogen) atoms. The molecular weight excluding hydrogens is 280 g/mol. The van der Waals surface area contributed by atoms with Crippen LogP contribution in [0.3, 0.4) is 0 Å². The first kappa shape index (κ1) is 14.3. The Labute approximate surface area is 128 Å². The standard InChI is InChI=1S/C16H18N4O2/c1-19-8-7-15(18-19)17-16(21)13-11-20(9-10-22-2)14-6-4-3-5-12(13)14/h3-8,11H,9-10H2,1-2H3,(H,17,18,21). The average Bonchev–Trinajstić information content (AvgIpc) is 3.09. The molecule has 0 fully saturated rings. The summed E-state index contributed by atoms with van der Waals surface area (Å²) in [6.07, 6.45) is 3.65. The van der Waals surface area contributed by atoms with Crippen LogP contribution >= 0.6 is 0 Å². The summed E-state index contributed by atoms with van der Waals surface area (Å²) in [7, 11) is 3.48. The normalized spacial score (nSPS) is 11.0. The number of benzene rings is 1. The zero-order valence-electron chi connectivity index (χ0n) is 12.6. The molecule has 114 valence electrons. The minimum atomic E-state index is -0.161. The molecule has 0 saturated heterocycles. The number of amides is 1. The molecule has 1 aromatic carbocycles. The zero-order chi connectivity index (χ0) is 15.5. The molecule has 0 aliphatic carbocycles. The predicted molar refractivity (Wildman–Crippen MR) is 85.0 cm³/mol. The number of para-hydroxylation sites is 1. The van der Waals surface area contributed by atoms with Gasteiger partial charge in [-0.1, -0.05) is 18.2 Å². The monoisotopic (exact) mass is 298 g/mol. The van der Waals surface area contributed by atoms with Gasteiger partial charge in [-0.15, -0.1) is 0 Å². The van der Waals surface area contributed by atoms with E-state index in [4.69, 9.17) is 4.74 Å². The Hall–Kier alpha value is -2.60. The Morgan fingerprint density at radius 1 is 1.32 bits per heavy atom. The van der Waals surface area contributed by atoms with Crippen LogP contribution in [0.25, 0.3) is 10.9 Å². The first-order valence-corrected chi connectivity index (χ1v) is 7.07. The minimum Gasteiger partial charge on any atom is -0.383 e. The minimum absolute atomic E-state index is 0.161. The van der Waals surface area contributed by atoms with Gasteiger partial charge in [-0.2, -0.15) is 5.10 Å². The van der Waals surface area contributed by atoms with E-state index in [1.54, 1.807) is 24.1 Å². The molecule has 0 atom stereocenters. The summed E-state index contributed by atoms with van der Waals surface area (Å²) in [6.45, 7) is 1.30. The summed E-state index contributed by atoms with van der Waals surface area (Å²) in [5.74, 6) is 0.382. The number of carbonyl (C=O) groups excluding carboxylic acids is 1. The zero-order valence-corrected chi connectivity index (χ0v) is 12.6. The largest absolute Gasteiger partial charge is 0.383 e. The van der Waals surface area contributed by atoms with Crippen LogP contribution in [0.5, 0.6) is 0 Å². The van der Waals surface area contributed by atoms with E-state index < -0.39 is 0 Å². The number of nitrogens with one attached hydrogen (secondary N) is 1. The highest BCUT2D eigenvalue weighted by molar-refractivity contribution is 6.12. The maximum atomic E-state index is 12.5. The summed E-state index contributed by atoms with van der Waals surface area (Å²) in [5.41, 5.74) is 1.66. The van der Waals surface area contributed by atoms with Gasteiger partial charge in [0.05, 0.1) is 12.2 Å². The van der Waals surface area contributed by atoms with Crippen molar-refractivity contribution in [3.63, 3.8) is 0 Å². The molecule has 0 spiro atoms. The molecule has 0 bridgehead atoms.